The second kappa shape index (κ2) is 5.80. The van der Waals surface area contributed by atoms with E-state index in [1.165, 1.54) is 6.07 Å². The minimum absolute atomic E-state index is 0. The molecule has 2 aromatic carbocycles. The van der Waals surface area contributed by atoms with Gasteiger partial charge in [0, 0.05) is 11.6 Å². The molecule has 0 amide bonds. The van der Waals surface area contributed by atoms with Gasteiger partial charge >= 0.3 is 0 Å². The number of hydrogen-bond acceptors (Lipinski definition) is 1. The Kier molecular flexibility index (Phi) is 4.67. The lowest BCUT2D eigenvalue weighted by atomic mass is 10.0. The van der Waals surface area contributed by atoms with Crippen molar-refractivity contribution >= 4 is 12.4 Å². The summed E-state index contributed by atoms with van der Waals surface area (Å²) in [6.07, 6.45) is 0. The van der Waals surface area contributed by atoms with E-state index in [4.69, 9.17) is 5.73 Å². The van der Waals surface area contributed by atoms with Crippen LogP contribution >= 0.6 is 12.4 Å². The molecule has 0 radical (unpaired) electrons. The lowest BCUT2D eigenvalue weighted by molar-refractivity contribution is 0.631. The van der Waals surface area contributed by atoms with Gasteiger partial charge in [-0.3, -0.25) is 0 Å². The largest absolute Gasteiger partial charge is 0.324 e. The molecular weight excluding hydrogens is 237 g/mol. The minimum atomic E-state index is -0.198. The Balaban J connectivity index is 0.00000144. The van der Waals surface area contributed by atoms with Crippen molar-refractivity contribution < 1.29 is 4.39 Å². The van der Waals surface area contributed by atoms with Gasteiger partial charge in [-0.25, -0.2) is 4.39 Å². The number of halogens is 2. The van der Waals surface area contributed by atoms with E-state index >= 15 is 0 Å². The van der Waals surface area contributed by atoms with E-state index in [-0.39, 0.29) is 24.3 Å². The quantitative estimate of drug-likeness (QED) is 0.860. The molecule has 0 aliphatic carbocycles. The van der Waals surface area contributed by atoms with Crippen LogP contribution in [0.3, 0.4) is 0 Å². The third-order valence-electron chi connectivity index (χ3n) is 2.62. The molecule has 1 atom stereocenters. The molecule has 3 heteroatoms. The lowest BCUT2D eigenvalue weighted by Crippen LogP contribution is -2.04. The van der Waals surface area contributed by atoms with Crippen molar-refractivity contribution in [3.63, 3.8) is 0 Å². The third kappa shape index (κ3) is 3.05. The molecule has 0 aliphatic heterocycles. The Morgan fingerprint density at radius 2 is 1.59 bits per heavy atom. The fraction of sp³-hybridized carbons (Fsp3) is 0.143. The molecule has 0 spiro atoms. The van der Waals surface area contributed by atoms with E-state index in [0.717, 1.165) is 11.1 Å². The molecular formula is C14H15ClFN. The Morgan fingerprint density at radius 1 is 1.00 bits per heavy atom. The number of rotatable bonds is 2. The maximum atomic E-state index is 13.5. The zero-order valence-corrected chi connectivity index (χ0v) is 10.4. The molecule has 17 heavy (non-hydrogen) atoms. The fourth-order valence-electron chi connectivity index (χ4n) is 1.66. The van der Waals surface area contributed by atoms with Gasteiger partial charge in [0.05, 0.1) is 0 Å². The molecule has 0 bridgehead atoms. The lowest BCUT2D eigenvalue weighted by Gasteiger charge is -2.07. The second-order valence-electron chi connectivity index (χ2n) is 3.89. The fourth-order valence-corrected chi connectivity index (χ4v) is 1.66. The van der Waals surface area contributed by atoms with Crippen LogP contribution in [0.2, 0.25) is 0 Å². The molecule has 2 N–H and O–H groups in total. The molecule has 0 aromatic heterocycles. The number of benzene rings is 2. The Labute approximate surface area is 107 Å². The van der Waals surface area contributed by atoms with Crippen LogP contribution < -0.4 is 5.73 Å². The Morgan fingerprint density at radius 3 is 2.12 bits per heavy atom. The summed E-state index contributed by atoms with van der Waals surface area (Å²) in [5, 5.41) is 0. The highest BCUT2D eigenvalue weighted by Crippen LogP contribution is 2.23. The summed E-state index contributed by atoms with van der Waals surface area (Å²) in [6.45, 7) is 1.93. The molecule has 0 aliphatic rings. The molecule has 0 unspecified atom stereocenters. The van der Waals surface area contributed by atoms with Crippen LogP contribution in [0, 0.1) is 5.82 Å². The van der Waals surface area contributed by atoms with Crippen molar-refractivity contribution in [3.8, 4) is 11.1 Å². The molecule has 0 heterocycles. The zero-order valence-electron chi connectivity index (χ0n) is 9.56. The van der Waals surface area contributed by atoms with E-state index in [2.05, 4.69) is 0 Å². The summed E-state index contributed by atoms with van der Waals surface area (Å²) in [7, 11) is 0. The maximum absolute atomic E-state index is 13.5. The minimum Gasteiger partial charge on any atom is -0.324 e. The second-order valence-corrected chi connectivity index (χ2v) is 3.89. The summed E-state index contributed by atoms with van der Waals surface area (Å²) >= 11 is 0. The highest BCUT2D eigenvalue weighted by Gasteiger charge is 2.04. The van der Waals surface area contributed by atoms with Crippen molar-refractivity contribution in [1.82, 2.24) is 0 Å². The van der Waals surface area contributed by atoms with Crippen molar-refractivity contribution in [2.75, 3.05) is 0 Å². The standard InChI is InChI=1S/C14H14FN.ClH/c1-10(16)11-6-8-12(9-7-11)13-4-2-3-5-14(13)15;/h2-10H,16H2,1H3;1H/t10-;/m0./s1. The average molecular weight is 252 g/mol. The predicted molar refractivity (Wildman–Crippen MR) is 71.7 cm³/mol. The Bertz CT molecular complexity index is 480. The van der Waals surface area contributed by atoms with Crippen molar-refractivity contribution in [2.24, 2.45) is 5.73 Å². The molecule has 0 saturated carbocycles. The first-order valence-corrected chi connectivity index (χ1v) is 5.29. The van der Waals surface area contributed by atoms with Gasteiger partial charge < -0.3 is 5.73 Å². The van der Waals surface area contributed by atoms with Gasteiger partial charge in [-0.15, -0.1) is 12.4 Å². The molecule has 0 saturated heterocycles. The normalized spacial score (nSPS) is 11.7. The van der Waals surface area contributed by atoms with Crippen LogP contribution in [0.4, 0.5) is 4.39 Å². The third-order valence-corrected chi connectivity index (χ3v) is 2.62. The number of nitrogens with two attached hydrogens (primary N) is 1. The monoisotopic (exact) mass is 251 g/mol. The van der Waals surface area contributed by atoms with E-state index in [1.54, 1.807) is 12.1 Å². The Hall–Kier alpha value is -1.38. The van der Waals surface area contributed by atoms with E-state index in [9.17, 15) is 4.39 Å². The SMILES string of the molecule is C[C@H](N)c1ccc(-c2ccccc2F)cc1.Cl. The molecule has 2 aromatic rings. The van der Waals surface area contributed by atoms with Crippen molar-refractivity contribution in [2.45, 2.75) is 13.0 Å². The topological polar surface area (TPSA) is 26.0 Å². The maximum Gasteiger partial charge on any atom is 0.131 e. The van der Waals surface area contributed by atoms with Crippen LogP contribution in [0.25, 0.3) is 11.1 Å². The summed E-state index contributed by atoms with van der Waals surface area (Å²) in [4.78, 5) is 0. The van der Waals surface area contributed by atoms with E-state index < -0.39 is 0 Å². The summed E-state index contributed by atoms with van der Waals surface area (Å²) < 4.78 is 13.5. The molecule has 0 fully saturated rings. The highest BCUT2D eigenvalue weighted by molar-refractivity contribution is 5.85. The van der Waals surface area contributed by atoms with E-state index in [1.807, 2.05) is 37.3 Å². The van der Waals surface area contributed by atoms with Crippen molar-refractivity contribution in [1.29, 1.82) is 0 Å². The van der Waals surface area contributed by atoms with Crippen molar-refractivity contribution in [3.05, 3.63) is 59.9 Å². The smallest absolute Gasteiger partial charge is 0.131 e. The van der Waals surface area contributed by atoms with Crippen LogP contribution in [-0.2, 0) is 0 Å². The van der Waals surface area contributed by atoms with Gasteiger partial charge in [0.25, 0.3) is 0 Å². The summed E-state index contributed by atoms with van der Waals surface area (Å²) in [6, 6.07) is 14.4. The predicted octanol–water partition coefficient (Wildman–Crippen LogP) is 3.93. The van der Waals surface area contributed by atoms with Crippen LogP contribution in [-0.4, -0.2) is 0 Å². The number of hydrogen-bond donors (Lipinski definition) is 1. The molecule has 2 rings (SSSR count). The van der Waals surface area contributed by atoms with Gasteiger partial charge in [0.15, 0.2) is 0 Å². The first-order chi connectivity index (χ1) is 7.68. The highest BCUT2D eigenvalue weighted by atomic mass is 35.5. The first kappa shape index (κ1) is 13.7. The van der Waals surface area contributed by atoms with Crippen LogP contribution in [0.5, 0.6) is 0 Å². The summed E-state index contributed by atoms with van der Waals surface area (Å²) in [5.74, 6) is -0.198. The van der Waals surface area contributed by atoms with Gasteiger partial charge in [0.1, 0.15) is 5.82 Å². The van der Waals surface area contributed by atoms with Gasteiger partial charge in [-0.1, -0.05) is 42.5 Å². The van der Waals surface area contributed by atoms with Crippen LogP contribution in [0.1, 0.15) is 18.5 Å². The van der Waals surface area contributed by atoms with Crippen LogP contribution in [0.15, 0.2) is 48.5 Å². The van der Waals surface area contributed by atoms with E-state index in [0.29, 0.717) is 5.56 Å². The zero-order chi connectivity index (χ0) is 11.5. The molecule has 90 valence electrons. The molecule has 1 nitrogen and oxygen atoms in total. The van der Waals surface area contributed by atoms with Gasteiger partial charge in [-0.2, -0.15) is 0 Å². The van der Waals surface area contributed by atoms with Gasteiger partial charge in [0.2, 0.25) is 0 Å². The van der Waals surface area contributed by atoms with Gasteiger partial charge in [-0.05, 0) is 24.1 Å². The average Bonchev–Trinajstić information content (AvgIpc) is 2.30. The summed E-state index contributed by atoms with van der Waals surface area (Å²) in [5.41, 5.74) is 8.32. The first-order valence-electron chi connectivity index (χ1n) is 5.29.